The highest BCUT2D eigenvalue weighted by atomic mass is 19.1. The van der Waals surface area contributed by atoms with Crippen molar-refractivity contribution in [3.05, 3.63) is 35.4 Å². The van der Waals surface area contributed by atoms with Crippen LogP contribution in [0.1, 0.15) is 29.8 Å². The second-order valence-electron chi connectivity index (χ2n) is 4.71. The van der Waals surface area contributed by atoms with E-state index < -0.39 is 17.6 Å². The SMILES string of the molecule is CC(C)[C@@H](O)[C@]1(F)Cc2ccccc2C1=O. The second-order valence-corrected chi connectivity index (χ2v) is 4.71. The number of ketones is 1. The van der Waals surface area contributed by atoms with Crippen molar-refractivity contribution in [1.82, 2.24) is 0 Å². The van der Waals surface area contributed by atoms with E-state index in [0.29, 0.717) is 11.1 Å². The number of aliphatic hydroxyl groups excluding tert-OH is 1. The van der Waals surface area contributed by atoms with Gasteiger partial charge >= 0.3 is 0 Å². The molecule has 0 radical (unpaired) electrons. The molecule has 0 saturated carbocycles. The molecule has 2 nitrogen and oxygen atoms in total. The minimum absolute atomic E-state index is 0.0125. The first-order valence-electron chi connectivity index (χ1n) is 5.46. The molecule has 0 unspecified atom stereocenters. The molecular formula is C13H15FO2. The number of aliphatic hydroxyl groups is 1. The summed E-state index contributed by atoms with van der Waals surface area (Å²) in [6.45, 7) is 3.42. The summed E-state index contributed by atoms with van der Waals surface area (Å²) in [5.41, 5.74) is -1.04. The van der Waals surface area contributed by atoms with Crippen molar-refractivity contribution in [1.29, 1.82) is 0 Å². The van der Waals surface area contributed by atoms with Crippen molar-refractivity contribution >= 4 is 5.78 Å². The third-order valence-corrected chi connectivity index (χ3v) is 3.19. The number of carbonyl (C=O) groups is 1. The summed E-state index contributed by atoms with van der Waals surface area (Å²) in [5, 5.41) is 9.83. The Labute approximate surface area is 94.1 Å². The Bertz CT molecular complexity index is 428. The molecule has 0 saturated heterocycles. The molecular weight excluding hydrogens is 207 g/mol. The maximum Gasteiger partial charge on any atom is 0.203 e. The normalized spacial score (nSPS) is 25.9. The number of benzene rings is 1. The predicted octanol–water partition coefficient (Wildman–Crippen LogP) is 2.15. The Kier molecular flexibility index (Phi) is 2.58. The fraction of sp³-hybridized carbons (Fsp3) is 0.462. The summed E-state index contributed by atoms with van der Waals surface area (Å²) >= 11 is 0. The number of hydrogen-bond acceptors (Lipinski definition) is 2. The Balaban J connectivity index is 2.40. The fourth-order valence-electron chi connectivity index (χ4n) is 2.24. The smallest absolute Gasteiger partial charge is 0.203 e. The number of carbonyl (C=O) groups excluding carboxylic acids is 1. The van der Waals surface area contributed by atoms with Crippen molar-refractivity contribution in [2.24, 2.45) is 5.92 Å². The van der Waals surface area contributed by atoms with E-state index >= 15 is 0 Å². The molecule has 86 valence electrons. The van der Waals surface area contributed by atoms with Gasteiger partial charge in [-0.05, 0) is 11.5 Å². The van der Waals surface area contributed by atoms with Crippen molar-refractivity contribution in [3.63, 3.8) is 0 Å². The zero-order chi connectivity index (χ0) is 11.9. The number of rotatable bonds is 2. The van der Waals surface area contributed by atoms with Gasteiger partial charge in [-0.1, -0.05) is 38.1 Å². The van der Waals surface area contributed by atoms with Gasteiger partial charge in [-0.3, -0.25) is 4.79 Å². The number of hydrogen-bond donors (Lipinski definition) is 1. The minimum Gasteiger partial charge on any atom is -0.389 e. The summed E-state index contributed by atoms with van der Waals surface area (Å²) in [5.74, 6) is -0.854. The van der Waals surface area contributed by atoms with Gasteiger partial charge in [0.2, 0.25) is 11.5 Å². The first-order valence-corrected chi connectivity index (χ1v) is 5.46. The molecule has 1 N–H and O–H groups in total. The Morgan fingerprint density at radius 2 is 2.00 bits per heavy atom. The summed E-state index contributed by atoms with van der Waals surface area (Å²) in [6.07, 6.45) is -1.26. The maximum absolute atomic E-state index is 14.5. The van der Waals surface area contributed by atoms with E-state index in [-0.39, 0.29) is 12.3 Å². The largest absolute Gasteiger partial charge is 0.389 e. The molecule has 0 aromatic heterocycles. The average Bonchev–Trinajstić information content (AvgIpc) is 2.52. The highest BCUT2D eigenvalue weighted by molar-refractivity contribution is 6.07. The van der Waals surface area contributed by atoms with Gasteiger partial charge in [-0.25, -0.2) is 4.39 Å². The molecule has 2 rings (SSSR count). The van der Waals surface area contributed by atoms with Crippen LogP contribution in [0.3, 0.4) is 0 Å². The van der Waals surface area contributed by atoms with Crippen LogP contribution in [0.4, 0.5) is 4.39 Å². The molecule has 16 heavy (non-hydrogen) atoms. The Morgan fingerprint density at radius 1 is 1.38 bits per heavy atom. The van der Waals surface area contributed by atoms with E-state index in [1.807, 2.05) is 0 Å². The summed E-state index contributed by atoms with van der Waals surface area (Å²) < 4.78 is 14.5. The monoisotopic (exact) mass is 222 g/mol. The van der Waals surface area contributed by atoms with Crippen LogP contribution in [0.25, 0.3) is 0 Å². The number of alkyl halides is 1. The van der Waals surface area contributed by atoms with Crippen molar-refractivity contribution in [2.75, 3.05) is 0 Å². The minimum atomic E-state index is -2.14. The molecule has 0 heterocycles. The molecule has 1 aliphatic rings. The van der Waals surface area contributed by atoms with E-state index in [2.05, 4.69) is 0 Å². The third kappa shape index (κ3) is 1.47. The van der Waals surface area contributed by atoms with E-state index in [9.17, 15) is 14.3 Å². The van der Waals surface area contributed by atoms with E-state index in [1.165, 1.54) is 0 Å². The highest BCUT2D eigenvalue weighted by Crippen LogP contribution is 2.37. The van der Waals surface area contributed by atoms with Gasteiger partial charge in [0, 0.05) is 12.0 Å². The van der Waals surface area contributed by atoms with Gasteiger partial charge in [0.15, 0.2) is 0 Å². The Hall–Kier alpha value is -1.22. The van der Waals surface area contributed by atoms with E-state index in [1.54, 1.807) is 38.1 Å². The zero-order valence-corrected chi connectivity index (χ0v) is 9.40. The van der Waals surface area contributed by atoms with Gasteiger partial charge in [-0.2, -0.15) is 0 Å². The molecule has 0 amide bonds. The van der Waals surface area contributed by atoms with E-state index in [4.69, 9.17) is 0 Å². The standard InChI is InChI=1S/C13H15FO2/c1-8(2)11(15)13(14)7-9-5-3-4-6-10(9)12(13)16/h3-6,8,11,15H,7H2,1-2H3/t11-,13-/m1/s1. The molecule has 0 bridgehead atoms. The Morgan fingerprint density at radius 3 is 2.56 bits per heavy atom. The topological polar surface area (TPSA) is 37.3 Å². The van der Waals surface area contributed by atoms with Gasteiger partial charge in [-0.15, -0.1) is 0 Å². The first-order chi connectivity index (χ1) is 7.47. The summed E-state index contributed by atoms with van der Waals surface area (Å²) in [6, 6.07) is 6.84. The lowest BCUT2D eigenvalue weighted by atomic mass is 9.87. The predicted molar refractivity (Wildman–Crippen MR) is 59.2 cm³/mol. The van der Waals surface area contributed by atoms with Gasteiger partial charge < -0.3 is 5.11 Å². The van der Waals surface area contributed by atoms with Crippen LogP contribution in [0.5, 0.6) is 0 Å². The lowest BCUT2D eigenvalue weighted by molar-refractivity contribution is -0.0166. The van der Waals surface area contributed by atoms with Crippen LogP contribution in [0.15, 0.2) is 24.3 Å². The third-order valence-electron chi connectivity index (χ3n) is 3.19. The molecule has 2 atom stereocenters. The molecule has 0 spiro atoms. The zero-order valence-electron chi connectivity index (χ0n) is 9.40. The fourth-order valence-corrected chi connectivity index (χ4v) is 2.24. The van der Waals surface area contributed by atoms with E-state index in [0.717, 1.165) is 0 Å². The van der Waals surface area contributed by atoms with Gasteiger partial charge in [0.05, 0.1) is 6.10 Å². The van der Waals surface area contributed by atoms with Crippen LogP contribution < -0.4 is 0 Å². The van der Waals surface area contributed by atoms with Crippen molar-refractivity contribution in [2.45, 2.75) is 32.0 Å². The summed E-state index contributed by atoms with van der Waals surface area (Å²) in [7, 11) is 0. The van der Waals surface area contributed by atoms with Gasteiger partial charge in [0.25, 0.3) is 0 Å². The average molecular weight is 222 g/mol. The first kappa shape index (κ1) is 11.3. The molecule has 0 aliphatic heterocycles. The molecule has 1 aromatic rings. The highest BCUT2D eigenvalue weighted by Gasteiger charge is 2.52. The van der Waals surface area contributed by atoms with Crippen LogP contribution in [0.2, 0.25) is 0 Å². The van der Waals surface area contributed by atoms with Crippen LogP contribution in [0, 0.1) is 5.92 Å². The van der Waals surface area contributed by atoms with Crippen molar-refractivity contribution in [3.8, 4) is 0 Å². The van der Waals surface area contributed by atoms with Crippen molar-refractivity contribution < 1.29 is 14.3 Å². The quantitative estimate of drug-likeness (QED) is 0.832. The van der Waals surface area contributed by atoms with Crippen LogP contribution >= 0.6 is 0 Å². The maximum atomic E-state index is 14.5. The van der Waals surface area contributed by atoms with Gasteiger partial charge in [0.1, 0.15) is 0 Å². The molecule has 0 fully saturated rings. The van der Waals surface area contributed by atoms with Crippen LogP contribution in [-0.4, -0.2) is 22.7 Å². The summed E-state index contributed by atoms with van der Waals surface area (Å²) in [4.78, 5) is 11.9. The van der Waals surface area contributed by atoms with Crippen LogP contribution in [-0.2, 0) is 6.42 Å². The number of Topliss-reactive ketones (excluding diaryl/α,β-unsaturated/α-hetero) is 1. The number of fused-ring (bicyclic) bond motifs is 1. The lowest BCUT2D eigenvalue weighted by Gasteiger charge is -2.27. The molecule has 3 heteroatoms. The molecule has 1 aliphatic carbocycles. The lowest BCUT2D eigenvalue weighted by Crippen LogP contribution is -2.46. The number of halogens is 1. The second kappa shape index (κ2) is 3.67. The molecule has 1 aromatic carbocycles.